The highest BCUT2D eigenvalue weighted by Gasteiger charge is 2.28. The zero-order valence-corrected chi connectivity index (χ0v) is 11.6. The predicted molar refractivity (Wildman–Crippen MR) is 74.9 cm³/mol. The Morgan fingerprint density at radius 1 is 1.22 bits per heavy atom. The van der Waals surface area contributed by atoms with E-state index in [1.807, 2.05) is 6.07 Å². The van der Waals surface area contributed by atoms with Crippen LogP contribution in [0.25, 0.3) is 0 Å². The van der Waals surface area contributed by atoms with Gasteiger partial charge in [-0.3, -0.25) is 4.79 Å². The minimum Gasteiger partial charge on any atom is -0.468 e. The fourth-order valence-corrected chi connectivity index (χ4v) is 1.59. The second-order valence-corrected chi connectivity index (χ2v) is 4.43. The maximum Gasteiger partial charge on any atom is 0.422 e. The lowest BCUT2D eigenvalue weighted by atomic mass is 10.2. The molecule has 0 aliphatic rings. The van der Waals surface area contributed by atoms with Crippen LogP contribution in [0.4, 0.5) is 18.9 Å². The number of rotatable bonds is 4. The van der Waals surface area contributed by atoms with Crippen molar-refractivity contribution in [1.82, 2.24) is 4.98 Å². The normalized spacial score (nSPS) is 10.7. The molecule has 1 aromatic heterocycles. The highest BCUT2D eigenvalue weighted by molar-refractivity contribution is 6.04. The van der Waals surface area contributed by atoms with Gasteiger partial charge >= 0.3 is 6.18 Å². The van der Waals surface area contributed by atoms with Crippen molar-refractivity contribution in [2.24, 2.45) is 0 Å². The van der Waals surface area contributed by atoms with E-state index < -0.39 is 18.7 Å². The van der Waals surface area contributed by atoms with E-state index in [0.29, 0.717) is 11.3 Å². The number of anilines is 1. The monoisotopic (exact) mass is 321 g/mol. The molecule has 118 valence electrons. The summed E-state index contributed by atoms with van der Waals surface area (Å²) < 4.78 is 40.5. The van der Waals surface area contributed by atoms with Gasteiger partial charge in [-0.1, -0.05) is 0 Å². The highest BCUT2D eigenvalue weighted by Crippen LogP contribution is 2.17. The van der Waals surface area contributed by atoms with Crippen molar-refractivity contribution in [2.45, 2.75) is 6.18 Å². The molecule has 0 saturated carbocycles. The summed E-state index contributed by atoms with van der Waals surface area (Å²) in [6, 6.07) is 10.6. The molecule has 1 aromatic carbocycles. The molecule has 0 aliphatic carbocycles. The third-order valence-electron chi connectivity index (χ3n) is 2.65. The Kier molecular flexibility index (Phi) is 4.81. The molecule has 0 bridgehead atoms. The summed E-state index contributed by atoms with van der Waals surface area (Å²) in [6.45, 7) is -1.45. The topological polar surface area (TPSA) is 75.0 Å². The Labute approximate surface area is 129 Å². The van der Waals surface area contributed by atoms with Crippen molar-refractivity contribution in [2.75, 3.05) is 11.9 Å². The van der Waals surface area contributed by atoms with Crippen molar-refractivity contribution in [1.29, 1.82) is 5.26 Å². The molecular formula is C15H10F3N3O2. The average Bonchev–Trinajstić information content (AvgIpc) is 2.53. The molecule has 1 amide bonds. The van der Waals surface area contributed by atoms with Crippen LogP contribution in [-0.2, 0) is 0 Å². The molecule has 2 aromatic rings. The molecule has 23 heavy (non-hydrogen) atoms. The number of carbonyl (C=O) groups is 1. The minimum absolute atomic E-state index is 0.161. The average molecular weight is 321 g/mol. The fraction of sp³-hybridized carbons (Fsp3) is 0.133. The summed E-state index contributed by atoms with van der Waals surface area (Å²) in [5, 5.41) is 11.3. The van der Waals surface area contributed by atoms with E-state index in [1.54, 1.807) is 24.3 Å². The van der Waals surface area contributed by atoms with Crippen LogP contribution in [0.1, 0.15) is 15.9 Å². The molecule has 0 atom stereocenters. The molecular weight excluding hydrogens is 311 g/mol. The summed E-state index contributed by atoms with van der Waals surface area (Å²) in [5.74, 6) is -0.707. The molecule has 0 spiro atoms. The number of carbonyl (C=O) groups excluding carboxylic acids is 1. The lowest BCUT2D eigenvalue weighted by Gasteiger charge is -2.09. The third kappa shape index (κ3) is 5.00. The second-order valence-electron chi connectivity index (χ2n) is 4.43. The Morgan fingerprint density at radius 2 is 1.91 bits per heavy atom. The Morgan fingerprint density at radius 3 is 2.43 bits per heavy atom. The number of amides is 1. The van der Waals surface area contributed by atoms with Crippen molar-refractivity contribution in [3.8, 4) is 11.9 Å². The number of nitrogens with zero attached hydrogens (tertiary/aromatic N) is 2. The molecule has 0 unspecified atom stereocenters. The first-order chi connectivity index (χ1) is 10.9. The van der Waals surface area contributed by atoms with Gasteiger partial charge in [0.1, 0.15) is 0 Å². The zero-order chi connectivity index (χ0) is 16.9. The van der Waals surface area contributed by atoms with E-state index in [-0.39, 0.29) is 11.4 Å². The number of benzene rings is 1. The van der Waals surface area contributed by atoms with Crippen LogP contribution in [0.3, 0.4) is 0 Å². The summed E-state index contributed by atoms with van der Waals surface area (Å²) in [4.78, 5) is 15.6. The smallest absolute Gasteiger partial charge is 0.422 e. The van der Waals surface area contributed by atoms with E-state index in [2.05, 4.69) is 15.0 Å². The van der Waals surface area contributed by atoms with Crippen LogP contribution in [0.5, 0.6) is 5.88 Å². The highest BCUT2D eigenvalue weighted by atomic mass is 19.4. The first-order valence-electron chi connectivity index (χ1n) is 6.34. The Bertz CT molecular complexity index is 720. The van der Waals surface area contributed by atoms with Gasteiger partial charge in [0.25, 0.3) is 5.91 Å². The van der Waals surface area contributed by atoms with Crippen molar-refractivity contribution in [3.63, 3.8) is 0 Å². The van der Waals surface area contributed by atoms with Gasteiger partial charge in [0, 0.05) is 18.0 Å². The van der Waals surface area contributed by atoms with Crippen LogP contribution < -0.4 is 10.1 Å². The standard InChI is InChI=1S/C15H10F3N3O2/c16-15(17,18)9-23-13-6-3-11(8-20-13)14(22)21-12-4-1-10(7-19)2-5-12/h1-6,8H,9H2,(H,21,22). The number of nitriles is 1. The number of hydrogen-bond acceptors (Lipinski definition) is 4. The summed E-state index contributed by atoms with van der Waals surface area (Å²) in [6.07, 6.45) is -3.34. The van der Waals surface area contributed by atoms with Gasteiger partial charge in [0.15, 0.2) is 6.61 Å². The lowest BCUT2D eigenvalue weighted by molar-refractivity contribution is -0.154. The Balaban J connectivity index is 1.98. The van der Waals surface area contributed by atoms with Crippen LogP contribution in [0.2, 0.25) is 0 Å². The maximum absolute atomic E-state index is 12.0. The molecule has 0 fully saturated rings. The fourth-order valence-electron chi connectivity index (χ4n) is 1.59. The van der Waals surface area contributed by atoms with Crippen molar-refractivity contribution in [3.05, 3.63) is 53.7 Å². The molecule has 0 aliphatic heterocycles. The molecule has 0 saturated heterocycles. The molecule has 5 nitrogen and oxygen atoms in total. The second kappa shape index (κ2) is 6.79. The molecule has 8 heteroatoms. The van der Waals surface area contributed by atoms with E-state index in [4.69, 9.17) is 5.26 Å². The van der Waals surface area contributed by atoms with Crippen LogP contribution in [-0.4, -0.2) is 23.7 Å². The summed E-state index contributed by atoms with van der Waals surface area (Å²) in [7, 11) is 0. The van der Waals surface area contributed by atoms with E-state index in [9.17, 15) is 18.0 Å². The number of nitrogens with one attached hydrogen (secondary N) is 1. The van der Waals surface area contributed by atoms with Gasteiger partial charge in [-0.15, -0.1) is 0 Å². The van der Waals surface area contributed by atoms with Crippen molar-refractivity contribution < 1.29 is 22.7 Å². The predicted octanol–water partition coefficient (Wildman–Crippen LogP) is 3.15. The van der Waals surface area contributed by atoms with E-state index >= 15 is 0 Å². The molecule has 1 heterocycles. The van der Waals surface area contributed by atoms with E-state index in [1.165, 1.54) is 12.1 Å². The van der Waals surface area contributed by atoms with Crippen LogP contribution in [0.15, 0.2) is 42.6 Å². The van der Waals surface area contributed by atoms with Crippen molar-refractivity contribution >= 4 is 11.6 Å². The maximum atomic E-state index is 12.0. The van der Waals surface area contributed by atoms with Gasteiger partial charge in [-0.25, -0.2) is 4.98 Å². The van der Waals surface area contributed by atoms with E-state index in [0.717, 1.165) is 6.20 Å². The first-order valence-corrected chi connectivity index (χ1v) is 6.34. The third-order valence-corrected chi connectivity index (χ3v) is 2.65. The van der Waals surface area contributed by atoms with Gasteiger partial charge in [0.05, 0.1) is 17.2 Å². The SMILES string of the molecule is N#Cc1ccc(NC(=O)c2ccc(OCC(F)(F)F)nc2)cc1. The number of halogens is 3. The molecule has 1 N–H and O–H groups in total. The number of alkyl halides is 3. The van der Waals surface area contributed by atoms with Crippen LogP contribution in [0, 0.1) is 11.3 Å². The van der Waals surface area contributed by atoms with Gasteiger partial charge < -0.3 is 10.1 Å². The first kappa shape index (κ1) is 16.3. The zero-order valence-electron chi connectivity index (χ0n) is 11.6. The molecule has 2 rings (SSSR count). The van der Waals surface area contributed by atoms with Crippen LogP contribution >= 0.6 is 0 Å². The number of aromatic nitrogens is 1. The van der Waals surface area contributed by atoms with Gasteiger partial charge in [0.2, 0.25) is 5.88 Å². The van der Waals surface area contributed by atoms with Gasteiger partial charge in [-0.2, -0.15) is 18.4 Å². The van der Waals surface area contributed by atoms with Gasteiger partial charge in [-0.05, 0) is 30.3 Å². The lowest BCUT2D eigenvalue weighted by Crippen LogP contribution is -2.19. The minimum atomic E-state index is -4.45. The summed E-state index contributed by atoms with van der Waals surface area (Å²) in [5.41, 5.74) is 1.09. The number of hydrogen-bond donors (Lipinski definition) is 1. The quantitative estimate of drug-likeness (QED) is 0.938. The summed E-state index contributed by atoms with van der Waals surface area (Å²) >= 11 is 0. The largest absolute Gasteiger partial charge is 0.468 e. The Hall–Kier alpha value is -3.08. The number of ether oxygens (including phenoxy) is 1. The molecule has 0 radical (unpaired) electrons. The number of pyridine rings is 1.